The third kappa shape index (κ3) is 6.40. The molecule has 0 fully saturated rings. The van der Waals surface area contributed by atoms with Gasteiger partial charge in [0.15, 0.2) is 0 Å². The summed E-state index contributed by atoms with van der Waals surface area (Å²) < 4.78 is 5.03. The van der Waals surface area contributed by atoms with Crippen LogP contribution in [0.25, 0.3) is 6.08 Å². The average molecular weight is 332 g/mol. The molecule has 3 nitrogen and oxygen atoms in total. The molecule has 21 heavy (non-hydrogen) atoms. The Hall–Kier alpha value is -1.19. The number of carbonyl (C=O) groups excluding carboxylic acids is 1. The predicted molar refractivity (Wildman–Crippen MR) is 92.5 cm³/mol. The van der Waals surface area contributed by atoms with Gasteiger partial charge < -0.3 is 9.64 Å². The Bertz CT molecular complexity index is 483. The number of halogens is 2. The molecule has 0 saturated heterocycles. The van der Waals surface area contributed by atoms with Gasteiger partial charge >= 0.3 is 5.97 Å². The first-order valence-electron chi connectivity index (χ1n) is 6.91. The smallest absolute Gasteiger partial charge is 0.331 e. The maximum absolute atomic E-state index is 11.4. The maximum atomic E-state index is 11.4. The van der Waals surface area contributed by atoms with E-state index in [1.165, 1.54) is 6.08 Å². The Morgan fingerprint density at radius 2 is 1.95 bits per heavy atom. The fourth-order valence-corrected chi connectivity index (χ4v) is 2.10. The quantitative estimate of drug-likeness (QED) is 0.564. The molecular weight excluding hydrogens is 309 g/mol. The lowest BCUT2D eigenvalue weighted by Gasteiger charge is -2.21. The summed E-state index contributed by atoms with van der Waals surface area (Å²) >= 11 is 6.25. The minimum Gasteiger partial charge on any atom is -0.460 e. The highest BCUT2D eigenvalue weighted by molar-refractivity contribution is 6.32. The summed E-state index contributed by atoms with van der Waals surface area (Å²) in [5.74, 6) is -0.358. The van der Waals surface area contributed by atoms with Crippen LogP contribution < -0.4 is 4.90 Å². The van der Waals surface area contributed by atoms with Gasteiger partial charge in [-0.3, -0.25) is 0 Å². The third-order valence-corrected chi connectivity index (χ3v) is 3.19. The molecular formula is C16H23Cl2NO2. The lowest BCUT2D eigenvalue weighted by atomic mass is 10.1. The standard InChI is InChI=1S/C16H22ClNO2.ClH/c1-5-18(6-2)14-9-7-13(15(17)11-14)8-10-16(19)20-12(3)4;/h7-12H,5-6H2,1-4H3;1H/b10-8+;. The first-order valence-corrected chi connectivity index (χ1v) is 7.28. The zero-order chi connectivity index (χ0) is 15.1. The summed E-state index contributed by atoms with van der Waals surface area (Å²) in [6, 6.07) is 5.84. The Balaban J connectivity index is 0.00000400. The average Bonchev–Trinajstić information content (AvgIpc) is 2.38. The Morgan fingerprint density at radius 3 is 2.43 bits per heavy atom. The predicted octanol–water partition coefficient (Wildman–Crippen LogP) is 4.57. The number of anilines is 1. The molecule has 0 bridgehead atoms. The van der Waals surface area contributed by atoms with Crippen molar-refractivity contribution in [2.75, 3.05) is 18.0 Å². The lowest BCUT2D eigenvalue weighted by Crippen LogP contribution is -2.21. The van der Waals surface area contributed by atoms with Gasteiger partial charge in [-0.25, -0.2) is 4.79 Å². The third-order valence-electron chi connectivity index (χ3n) is 2.86. The summed E-state index contributed by atoms with van der Waals surface area (Å²) in [7, 11) is 0. The van der Waals surface area contributed by atoms with Crippen molar-refractivity contribution >= 4 is 41.7 Å². The zero-order valence-corrected chi connectivity index (χ0v) is 14.5. The van der Waals surface area contributed by atoms with E-state index in [9.17, 15) is 4.79 Å². The highest BCUT2D eigenvalue weighted by Crippen LogP contribution is 2.24. The molecule has 1 aromatic carbocycles. The van der Waals surface area contributed by atoms with E-state index in [1.807, 2.05) is 32.0 Å². The molecule has 1 rings (SSSR count). The minimum atomic E-state index is -0.358. The molecule has 0 heterocycles. The number of benzene rings is 1. The maximum Gasteiger partial charge on any atom is 0.331 e. The van der Waals surface area contributed by atoms with E-state index in [2.05, 4.69) is 18.7 Å². The molecule has 0 aliphatic rings. The minimum absolute atomic E-state index is 0. The Morgan fingerprint density at radius 1 is 1.33 bits per heavy atom. The van der Waals surface area contributed by atoms with E-state index in [0.29, 0.717) is 5.02 Å². The SMILES string of the molecule is CCN(CC)c1ccc(/C=C/C(=O)OC(C)C)c(Cl)c1.Cl. The normalized spacial score (nSPS) is 10.6. The van der Waals surface area contributed by atoms with Crippen LogP contribution in [0.15, 0.2) is 24.3 Å². The van der Waals surface area contributed by atoms with Crippen LogP contribution in [-0.2, 0) is 9.53 Å². The van der Waals surface area contributed by atoms with Gasteiger partial charge in [-0.05, 0) is 51.5 Å². The molecule has 118 valence electrons. The topological polar surface area (TPSA) is 29.5 Å². The summed E-state index contributed by atoms with van der Waals surface area (Å²) in [6.45, 7) is 9.71. The van der Waals surface area contributed by atoms with Crippen molar-refractivity contribution in [1.82, 2.24) is 0 Å². The van der Waals surface area contributed by atoms with Crippen LogP contribution in [-0.4, -0.2) is 25.2 Å². The molecule has 0 aliphatic carbocycles. The van der Waals surface area contributed by atoms with E-state index in [0.717, 1.165) is 24.3 Å². The van der Waals surface area contributed by atoms with Crippen LogP contribution in [0, 0.1) is 0 Å². The fourth-order valence-electron chi connectivity index (χ4n) is 1.87. The molecule has 0 radical (unpaired) electrons. The summed E-state index contributed by atoms with van der Waals surface area (Å²) in [5.41, 5.74) is 1.89. The molecule has 0 saturated carbocycles. The van der Waals surface area contributed by atoms with Crippen molar-refractivity contribution in [3.63, 3.8) is 0 Å². The number of hydrogen-bond acceptors (Lipinski definition) is 3. The first kappa shape index (κ1) is 19.8. The first-order chi connectivity index (χ1) is 9.47. The number of carbonyl (C=O) groups is 1. The van der Waals surface area contributed by atoms with Crippen LogP contribution in [0.4, 0.5) is 5.69 Å². The monoisotopic (exact) mass is 331 g/mol. The second-order valence-corrected chi connectivity index (χ2v) is 5.10. The van der Waals surface area contributed by atoms with Crippen molar-refractivity contribution in [3.05, 3.63) is 34.9 Å². The molecule has 0 aliphatic heterocycles. The highest BCUT2D eigenvalue weighted by atomic mass is 35.5. The molecule has 1 aromatic rings. The van der Waals surface area contributed by atoms with Crippen molar-refractivity contribution in [3.8, 4) is 0 Å². The van der Waals surface area contributed by atoms with Crippen LogP contribution in [0.2, 0.25) is 5.02 Å². The van der Waals surface area contributed by atoms with Gasteiger partial charge in [-0.1, -0.05) is 17.7 Å². The van der Waals surface area contributed by atoms with Gasteiger partial charge in [0.2, 0.25) is 0 Å². The van der Waals surface area contributed by atoms with Crippen molar-refractivity contribution in [1.29, 1.82) is 0 Å². The largest absolute Gasteiger partial charge is 0.460 e. The highest BCUT2D eigenvalue weighted by Gasteiger charge is 2.05. The van der Waals surface area contributed by atoms with E-state index in [4.69, 9.17) is 16.3 Å². The van der Waals surface area contributed by atoms with Crippen molar-refractivity contribution in [2.45, 2.75) is 33.8 Å². The molecule has 0 spiro atoms. The van der Waals surface area contributed by atoms with Crippen LogP contribution in [0.1, 0.15) is 33.3 Å². The second-order valence-electron chi connectivity index (χ2n) is 4.70. The van der Waals surface area contributed by atoms with Crippen LogP contribution in [0.3, 0.4) is 0 Å². The Labute approximate surface area is 138 Å². The van der Waals surface area contributed by atoms with Gasteiger partial charge in [-0.2, -0.15) is 0 Å². The van der Waals surface area contributed by atoms with Crippen molar-refractivity contribution < 1.29 is 9.53 Å². The van der Waals surface area contributed by atoms with E-state index in [1.54, 1.807) is 6.08 Å². The summed E-state index contributed by atoms with van der Waals surface area (Å²) in [6.07, 6.45) is 2.96. The van der Waals surface area contributed by atoms with Crippen LogP contribution in [0.5, 0.6) is 0 Å². The molecule has 5 heteroatoms. The van der Waals surface area contributed by atoms with Gasteiger partial charge in [-0.15, -0.1) is 12.4 Å². The Kier molecular flexibility index (Phi) is 9.14. The lowest BCUT2D eigenvalue weighted by molar-refractivity contribution is -0.141. The number of nitrogens with zero attached hydrogens (tertiary/aromatic N) is 1. The van der Waals surface area contributed by atoms with Gasteiger partial charge in [0, 0.05) is 29.9 Å². The number of hydrogen-bond donors (Lipinski definition) is 0. The van der Waals surface area contributed by atoms with Gasteiger partial charge in [0.1, 0.15) is 0 Å². The van der Waals surface area contributed by atoms with Gasteiger partial charge in [0.05, 0.1) is 6.10 Å². The number of esters is 1. The second kappa shape index (κ2) is 9.69. The fraction of sp³-hybridized carbons (Fsp3) is 0.438. The molecule has 0 N–H and O–H groups in total. The molecule has 0 atom stereocenters. The van der Waals surface area contributed by atoms with Crippen molar-refractivity contribution in [2.24, 2.45) is 0 Å². The number of ether oxygens (including phenoxy) is 1. The summed E-state index contributed by atoms with van der Waals surface area (Å²) in [5, 5.41) is 0.628. The van der Waals surface area contributed by atoms with E-state index < -0.39 is 0 Å². The summed E-state index contributed by atoms with van der Waals surface area (Å²) in [4.78, 5) is 13.7. The van der Waals surface area contributed by atoms with E-state index in [-0.39, 0.29) is 24.5 Å². The van der Waals surface area contributed by atoms with Gasteiger partial charge in [0.25, 0.3) is 0 Å². The molecule has 0 unspecified atom stereocenters. The van der Waals surface area contributed by atoms with E-state index >= 15 is 0 Å². The molecule has 0 aromatic heterocycles. The zero-order valence-electron chi connectivity index (χ0n) is 12.9. The molecule has 0 amide bonds. The number of rotatable bonds is 6. The van der Waals surface area contributed by atoms with Crippen LogP contribution >= 0.6 is 24.0 Å².